The summed E-state index contributed by atoms with van der Waals surface area (Å²) in [5.41, 5.74) is 2.47. The van der Waals surface area contributed by atoms with Gasteiger partial charge in [-0.15, -0.1) is 0 Å². The second kappa shape index (κ2) is 6.74. The summed E-state index contributed by atoms with van der Waals surface area (Å²) in [6.45, 7) is 3.83. The average Bonchev–Trinajstić information content (AvgIpc) is 3.36. The van der Waals surface area contributed by atoms with Crippen LogP contribution in [0.2, 0.25) is 0 Å². The second-order valence-electron chi connectivity index (χ2n) is 6.58. The maximum absolute atomic E-state index is 12.4. The largest absolute Gasteiger partial charge is 0.356 e. The SMILES string of the molecule is CCc1c[nH]c2ncnc(N3CCC(N(C)C(=O)c4cn[nH]n4)CC3)c12. The van der Waals surface area contributed by atoms with Gasteiger partial charge >= 0.3 is 0 Å². The minimum Gasteiger partial charge on any atom is -0.356 e. The van der Waals surface area contributed by atoms with Crippen LogP contribution in [0.1, 0.15) is 35.8 Å². The Hall–Kier alpha value is -2.97. The molecule has 0 spiro atoms. The predicted molar refractivity (Wildman–Crippen MR) is 97.0 cm³/mol. The molecule has 0 saturated carbocycles. The summed E-state index contributed by atoms with van der Waals surface area (Å²) in [6.07, 6.45) is 7.80. The summed E-state index contributed by atoms with van der Waals surface area (Å²) in [6, 6.07) is 0.185. The number of nitrogens with zero attached hydrogens (tertiary/aromatic N) is 6. The lowest BCUT2D eigenvalue weighted by molar-refractivity contribution is 0.0703. The highest BCUT2D eigenvalue weighted by atomic mass is 16.2. The van der Waals surface area contributed by atoms with Crippen LogP contribution in [0.25, 0.3) is 11.0 Å². The van der Waals surface area contributed by atoms with E-state index in [1.807, 2.05) is 13.2 Å². The van der Waals surface area contributed by atoms with Crippen molar-refractivity contribution in [1.29, 1.82) is 0 Å². The Bertz CT molecular complexity index is 895. The summed E-state index contributed by atoms with van der Waals surface area (Å²) >= 11 is 0. The normalized spacial score (nSPS) is 15.5. The molecule has 1 amide bonds. The smallest absolute Gasteiger partial charge is 0.276 e. The number of anilines is 1. The quantitative estimate of drug-likeness (QED) is 0.733. The third-order valence-electron chi connectivity index (χ3n) is 5.18. The summed E-state index contributed by atoms with van der Waals surface area (Å²) in [5.74, 6) is 0.887. The van der Waals surface area contributed by atoms with E-state index >= 15 is 0 Å². The van der Waals surface area contributed by atoms with Gasteiger partial charge in [0.2, 0.25) is 0 Å². The van der Waals surface area contributed by atoms with Crippen molar-refractivity contribution in [2.24, 2.45) is 0 Å². The predicted octanol–water partition coefficient (Wildman–Crippen LogP) is 1.38. The van der Waals surface area contributed by atoms with Crippen LogP contribution < -0.4 is 4.90 Å². The number of hydrogen-bond acceptors (Lipinski definition) is 6. The average molecular weight is 354 g/mol. The van der Waals surface area contributed by atoms with Crippen molar-refractivity contribution in [3.05, 3.63) is 30.0 Å². The highest BCUT2D eigenvalue weighted by Gasteiger charge is 2.28. The molecular formula is C17H22N8O. The molecule has 9 nitrogen and oxygen atoms in total. The van der Waals surface area contributed by atoms with Crippen molar-refractivity contribution in [3.63, 3.8) is 0 Å². The fourth-order valence-corrected chi connectivity index (χ4v) is 3.64. The molecule has 1 fully saturated rings. The van der Waals surface area contributed by atoms with E-state index in [-0.39, 0.29) is 11.9 Å². The van der Waals surface area contributed by atoms with Crippen molar-refractivity contribution >= 4 is 22.8 Å². The lowest BCUT2D eigenvalue weighted by Crippen LogP contribution is -2.46. The Morgan fingerprint density at radius 2 is 2.15 bits per heavy atom. The van der Waals surface area contributed by atoms with Gasteiger partial charge in [-0.25, -0.2) is 9.97 Å². The molecule has 3 aromatic rings. The van der Waals surface area contributed by atoms with E-state index in [1.54, 1.807) is 11.2 Å². The number of rotatable bonds is 4. The molecule has 0 atom stereocenters. The van der Waals surface area contributed by atoms with Gasteiger partial charge in [-0.1, -0.05) is 6.92 Å². The van der Waals surface area contributed by atoms with E-state index in [0.717, 1.165) is 49.2 Å². The topological polar surface area (TPSA) is 107 Å². The van der Waals surface area contributed by atoms with E-state index < -0.39 is 0 Å². The van der Waals surface area contributed by atoms with Gasteiger partial charge in [0.25, 0.3) is 5.91 Å². The first kappa shape index (κ1) is 16.5. The molecule has 0 aliphatic carbocycles. The highest BCUT2D eigenvalue weighted by Crippen LogP contribution is 2.29. The van der Waals surface area contributed by atoms with Gasteiger partial charge in [0, 0.05) is 32.4 Å². The molecule has 0 radical (unpaired) electrons. The Morgan fingerprint density at radius 1 is 1.35 bits per heavy atom. The van der Waals surface area contributed by atoms with Gasteiger partial charge in [0.1, 0.15) is 17.8 Å². The molecule has 2 N–H and O–H groups in total. The van der Waals surface area contributed by atoms with Crippen molar-refractivity contribution < 1.29 is 4.79 Å². The number of carbonyl (C=O) groups is 1. The molecule has 1 aliphatic rings. The number of nitrogens with one attached hydrogen (secondary N) is 2. The molecule has 1 aliphatic heterocycles. The first-order chi connectivity index (χ1) is 12.7. The van der Waals surface area contributed by atoms with Crippen LogP contribution in [0.3, 0.4) is 0 Å². The summed E-state index contributed by atoms with van der Waals surface area (Å²) in [4.78, 5) is 28.6. The van der Waals surface area contributed by atoms with Crippen LogP contribution >= 0.6 is 0 Å². The number of fused-ring (bicyclic) bond motifs is 1. The first-order valence-electron chi connectivity index (χ1n) is 8.88. The van der Waals surface area contributed by atoms with Crippen LogP contribution in [-0.4, -0.2) is 67.3 Å². The maximum Gasteiger partial charge on any atom is 0.276 e. The molecule has 0 bridgehead atoms. The molecule has 3 aromatic heterocycles. The first-order valence-corrected chi connectivity index (χ1v) is 8.88. The number of aromatic amines is 2. The van der Waals surface area contributed by atoms with Crippen molar-refractivity contribution in [2.75, 3.05) is 25.0 Å². The Morgan fingerprint density at radius 3 is 2.85 bits per heavy atom. The molecular weight excluding hydrogens is 332 g/mol. The highest BCUT2D eigenvalue weighted by molar-refractivity contribution is 5.92. The lowest BCUT2D eigenvalue weighted by atomic mass is 10.0. The van der Waals surface area contributed by atoms with Crippen LogP contribution in [0.4, 0.5) is 5.82 Å². The van der Waals surface area contributed by atoms with E-state index in [0.29, 0.717) is 5.69 Å². The lowest BCUT2D eigenvalue weighted by Gasteiger charge is -2.37. The van der Waals surface area contributed by atoms with E-state index in [1.165, 1.54) is 11.8 Å². The molecule has 26 heavy (non-hydrogen) atoms. The fraction of sp³-hybridized carbons (Fsp3) is 0.471. The summed E-state index contributed by atoms with van der Waals surface area (Å²) in [5, 5.41) is 11.2. The summed E-state index contributed by atoms with van der Waals surface area (Å²) < 4.78 is 0. The Balaban J connectivity index is 1.49. The third kappa shape index (κ3) is 2.79. The summed E-state index contributed by atoms with van der Waals surface area (Å²) in [7, 11) is 1.83. The van der Waals surface area contributed by atoms with Gasteiger partial charge in [-0.2, -0.15) is 15.4 Å². The minimum atomic E-state index is -0.0967. The van der Waals surface area contributed by atoms with Crippen LogP contribution in [0.5, 0.6) is 0 Å². The second-order valence-corrected chi connectivity index (χ2v) is 6.58. The number of H-pyrrole nitrogens is 2. The molecule has 136 valence electrons. The number of amides is 1. The van der Waals surface area contributed by atoms with E-state index in [9.17, 15) is 4.79 Å². The van der Waals surface area contributed by atoms with Crippen LogP contribution in [-0.2, 0) is 6.42 Å². The molecule has 4 heterocycles. The van der Waals surface area contributed by atoms with E-state index in [2.05, 4.69) is 42.2 Å². The standard InChI is InChI=1S/C17H22N8O/c1-3-11-8-18-15-14(11)16(20-10-19-15)25-6-4-12(5-7-25)24(2)17(26)13-9-21-23-22-13/h8-10,12H,3-7H2,1-2H3,(H,18,19,20)(H,21,22,23). The zero-order valence-corrected chi connectivity index (χ0v) is 14.9. The molecule has 0 unspecified atom stereocenters. The van der Waals surface area contributed by atoms with Crippen LogP contribution in [0.15, 0.2) is 18.7 Å². The molecule has 0 aromatic carbocycles. The fourth-order valence-electron chi connectivity index (χ4n) is 3.64. The Kier molecular flexibility index (Phi) is 4.27. The maximum atomic E-state index is 12.4. The molecule has 9 heteroatoms. The van der Waals surface area contributed by atoms with Crippen molar-refractivity contribution in [2.45, 2.75) is 32.2 Å². The van der Waals surface area contributed by atoms with Gasteiger partial charge < -0.3 is 14.8 Å². The van der Waals surface area contributed by atoms with Gasteiger partial charge in [0.05, 0.1) is 11.6 Å². The third-order valence-corrected chi connectivity index (χ3v) is 5.18. The van der Waals surface area contributed by atoms with E-state index in [4.69, 9.17) is 0 Å². The zero-order valence-electron chi connectivity index (χ0n) is 14.9. The number of aromatic nitrogens is 6. The zero-order chi connectivity index (χ0) is 18.1. The van der Waals surface area contributed by atoms with Gasteiger partial charge in [-0.05, 0) is 24.8 Å². The van der Waals surface area contributed by atoms with Crippen molar-refractivity contribution in [3.8, 4) is 0 Å². The Labute approximate surface area is 150 Å². The number of piperidine rings is 1. The number of hydrogen-bond donors (Lipinski definition) is 2. The number of carbonyl (C=O) groups excluding carboxylic acids is 1. The van der Waals surface area contributed by atoms with Crippen LogP contribution in [0, 0.1) is 0 Å². The van der Waals surface area contributed by atoms with Gasteiger partial charge in [-0.3, -0.25) is 4.79 Å². The number of aryl methyl sites for hydroxylation is 1. The monoisotopic (exact) mass is 354 g/mol. The van der Waals surface area contributed by atoms with Crippen molar-refractivity contribution in [1.82, 2.24) is 35.3 Å². The molecule has 1 saturated heterocycles. The van der Waals surface area contributed by atoms with Gasteiger partial charge in [0.15, 0.2) is 5.69 Å². The molecule has 4 rings (SSSR count). The minimum absolute atomic E-state index is 0.0967.